The number of thiophene rings is 1. The lowest BCUT2D eigenvalue weighted by Gasteiger charge is -2.01. The molecule has 0 fully saturated rings. The van der Waals surface area contributed by atoms with Gasteiger partial charge >= 0.3 is 0 Å². The number of nitrogen functional groups attached to an aromatic ring is 1. The molecule has 0 aliphatic heterocycles. The maximum atomic E-state index is 12.6. The van der Waals surface area contributed by atoms with E-state index in [-0.39, 0.29) is 5.78 Å². The Balaban J connectivity index is 1.96. The van der Waals surface area contributed by atoms with Crippen LogP contribution in [0, 0.1) is 6.92 Å². The molecule has 3 aromatic heterocycles. The van der Waals surface area contributed by atoms with Gasteiger partial charge in [-0.05, 0) is 19.1 Å². The van der Waals surface area contributed by atoms with Crippen LogP contribution in [0.4, 0.5) is 5.69 Å². The van der Waals surface area contributed by atoms with Crippen LogP contribution >= 0.6 is 11.3 Å². The van der Waals surface area contributed by atoms with Crippen LogP contribution in [0.25, 0.3) is 15.7 Å². The van der Waals surface area contributed by atoms with Gasteiger partial charge in [0.2, 0.25) is 5.78 Å². The average molecular weight is 307 g/mol. The van der Waals surface area contributed by atoms with E-state index in [2.05, 4.69) is 5.10 Å². The SMILES string of the molecule is Cc1cccc2c3c(N)c(C(=O)c4ccccc4)sc3nn12. The zero-order valence-electron chi connectivity index (χ0n) is 11.9. The fourth-order valence-corrected chi connectivity index (χ4v) is 3.72. The van der Waals surface area contributed by atoms with E-state index in [0.29, 0.717) is 16.1 Å². The molecule has 108 valence electrons. The highest BCUT2D eigenvalue weighted by atomic mass is 32.1. The predicted octanol–water partition coefficient (Wildman–Crippen LogP) is 3.67. The number of aromatic nitrogens is 2. The molecule has 3 heterocycles. The second-order valence-corrected chi connectivity index (χ2v) is 6.18. The van der Waals surface area contributed by atoms with Gasteiger partial charge in [0.05, 0.1) is 16.6 Å². The van der Waals surface area contributed by atoms with E-state index in [1.54, 1.807) is 12.1 Å². The molecule has 5 heteroatoms. The Hall–Kier alpha value is -2.66. The normalized spacial score (nSPS) is 11.3. The minimum absolute atomic E-state index is 0.0492. The van der Waals surface area contributed by atoms with Gasteiger partial charge < -0.3 is 5.73 Å². The number of aryl methyl sites for hydroxylation is 1. The predicted molar refractivity (Wildman–Crippen MR) is 89.6 cm³/mol. The van der Waals surface area contributed by atoms with E-state index in [1.807, 2.05) is 47.8 Å². The van der Waals surface area contributed by atoms with Gasteiger partial charge in [-0.15, -0.1) is 11.3 Å². The molecular weight excluding hydrogens is 294 g/mol. The number of nitrogens with zero attached hydrogens (tertiary/aromatic N) is 2. The number of fused-ring (bicyclic) bond motifs is 3. The van der Waals surface area contributed by atoms with Gasteiger partial charge in [0.25, 0.3) is 0 Å². The number of benzene rings is 1. The summed E-state index contributed by atoms with van der Waals surface area (Å²) in [5, 5.41) is 5.44. The van der Waals surface area contributed by atoms with Crippen LogP contribution in [0.1, 0.15) is 20.9 Å². The number of carbonyl (C=O) groups is 1. The van der Waals surface area contributed by atoms with Gasteiger partial charge in [0, 0.05) is 11.3 Å². The molecule has 0 amide bonds. The van der Waals surface area contributed by atoms with Crippen LogP contribution in [0.2, 0.25) is 0 Å². The second-order valence-electron chi connectivity index (χ2n) is 5.18. The number of hydrogen-bond acceptors (Lipinski definition) is 4. The Bertz CT molecular complexity index is 1010. The molecule has 2 N–H and O–H groups in total. The van der Waals surface area contributed by atoms with Crippen molar-refractivity contribution in [1.29, 1.82) is 0 Å². The van der Waals surface area contributed by atoms with Crippen LogP contribution in [0.15, 0.2) is 48.5 Å². The van der Waals surface area contributed by atoms with Crippen LogP contribution in [0.5, 0.6) is 0 Å². The maximum Gasteiger partial charge on any atom is 0.205 e. The summed E-state index contributed by atoms with van der Waals surface area (Å²) < 4.78 is 1.87. The Morgan fingerprint density at radius 2 is 1.91 bits per heavy atom. The lowest BCUT2D eigenvalue weighted by Crippen LogP contribution is -2.02. The van der Waals surface area contributed by atoms with Crippen LogP contribution in [-0.4, -0.2) is 15.4 Å². The summed E-state index contributed by atoms with van der Waals surface area (Å²) in [6, 6.07) is 15.1. The van der Waals surface area contributed by atoms with Crippen molar-refractivity contribution in [2.75, 3.05) is 5.73 Å². The maximum absolute atomic E-state index is 12.6. The molecule has 0 unspecified atom stereocenters. The van der Waals surface area contributed by atoms with Gasteiger partial charge in [-0.1, -0.05) is 36.4 Å². The van der Waals surface area contributed by atoms with E-state index in [9.17, 15) is 4.79 Å². The molecule has 0 aliphatic rings. The number of carbonyl (C=O) groups excluding carboxylic acids is 1. The Morgan fingerprint density at radius 1 is 1.14 bits per heavy atom. The summed E-state index contributed by atoms with van der Waals surface area (Å²) in [6.07, 6.45) is 0. The molecule has 0 radical (unpaired) electrons. The molecular formula is C17H13N3OS. The van der Waals surface area contributed by atoms with Gasteiger partial charge in [0.15, 0.2) is 0 Å². The largest absolute Gasteiger partial charge is 0.397 e. The van der Waals surface area contributed by atoms with Gasteiger partial charge in [-0.25, -0.2) is 4.52 Å². The highest BCUT2D eigenvalue weighted by Gasteiger charge is 2.21. The van der Waals surface area contributed by atoms with Crippen LogP contribution in [-0.2, 0) is 0 Å². The second kappa shape index (κ2) is 4.68. The number of hydrogen-bond donors (Lipinski definition) is 1. The van der Waals surface area contributed by atoms with Crippen molar-refractivity contribution in [2.24, 2.45) is 0 Å². The molecule has 1 aromatic carbocycles. The molecule has 4 nitrogen and oxygen atoms in total. The third-order valence-corrected chi connectivity index (χ3v) is 4.86. The topological polar surface area (TPSA) is 60.4 Å². The first-order chi connectivity index (χ1) is 10.7. The minimum Gasteiger partial charge on any atom is -0.397 e. The van der Waals surface area contributed by atoms with Crippen molar-refractivity contribution >= 4 is 38.5 Å². The number of nitrogens with two attached hydrogens (primary N) is 1. The molecule has 0 bridgehead atoms. The zero-order valence-corrected chi connectivity index (χ0v) is 12.7. The summed E-state index contributed by atoms with van der Waals surface area (Å²) in [5.74, 6) is -0.0492. The third-order valence-electron chi connectivity index (χ3n) is 3.77. The molecule has 0 atom stereocenters. The average Bonchev–Trinajstić information content (AvgIpc) is 3.06. The van der Waals surface area contributed by atoms with Gasteiger partial charge in [-0.3, -0.25) is 4.79 Å². The van der Waals surface area contributed by atoms with Crippen LogP contribution in [0.3, 0.4) is 0 Å². The molecule has 0 aliphatic carbocycles. The first-order valence-electron chi connectivity index (χ1n) is 6.93. The first kappa shape index (κ1) is 13.0. The number of rotatable bonds is 2. The first-order valence-corrected chi connectivity index (χ1v) is 7.74. The molecule has 0 spiro atoms. The smallest absolute Gasteiger partial charge is 0.205 e. The third kappa shape index (κ3) is 1.76. The van der Waals surface area contributed by atoms with E-state index in [0.717, 1.165) is 21.4 Å². The van der Waals surface area contributed by atoms with Crippen molar-refractivity contribution in [3.8, 4) is 0 Å². The highest BCUT2D eigenvalue weighted by Crippen LogP contribution is 2.37. The Kier molecular flexibility index (Phi) is 2.77. The molecule has 0 saturated heterocycles. The molecule has 22 heavy (non-hydrogen) atoms. The highest BCUT2D eigenvalue weighted by molar-refractivity contribution is 7.21. The minimum atomic E-state index is -0.0492. The quantitative estimate of drug-likeness (QED) is 0.575. The number of pyridine rings is 1. The fraction of sp³-hybridized carbons (Fsp3) is 0.0588. The number of ketones is 1. The summed E-state index contributed by atoms with van der Waals surface area (Å²) in [7, 11) is 0. The van der Waals surface area contributed by atoms with E-state index in [4.69, 9.17) is 5.73 Å². The van der Waals surface area contributed by atoms with Gasteiger partial charge in [-0.2, -0.15) is 5.10 Å². The zero-order chi connectivity index (χ0) is 15.3. The molecule has 0 saturated carbocycles. The Labute approximate surface area is 130 Å². The number of anilines is 1. The fourth-order valence-electron chi connectivity index (χ4n) is 2.66. The molecule has 4 aromatic rings. The lowest BCUT2D eigenvalue weighted by atomic mass is 10.1. The van der Waals surface area contributed by atoms with E-state index in [1.165, 1.54) is 11.3 Å². The summed E-state index contributed by atoms with van der Waals surface area (Å²) in [4.78, 5) is 14.0. The summed E-state index contributed by atoms with van der Waals surface area (Å²) in [5.41, 5.74) is 9.42. The lowest BCUT2D eigenvalue weighted by molar-refractivity contribution is 0.104. The van der Waals surface area contributed by atoms with E-state index >= 15 is 0 Å². The van der Waals surface area contributed by atoms with Crippen molar-refractivity contribution in [3.63, 3.8) is 0 Å². The van der Waals surface area contributed by atoms with E-state index < -0.39 is 0 Å². The summed E-state index contributed by atoms with van der Waals surface area (Å²) in [6.45, 7) is 2.00. The van der Waals surface area contributed by atoms with Gasteiger partial charge in [0.1, 0.15) is 9.71 Å². The molecule has 4 rings (SSSR count). The van der Waals surface area contributed by atoms with Crippen molar-refractivity contribution in [2.45, 2.75) is 6.92 Å². The standard InChI is InChI=1S/C17H13N3OS/c1-10-6-5-9-12-13-14(18)16(22-17(13)19-20(10)12)15(21)11-7-3-2-4-8-11/h2-9H,18H2,1H3. The van der Waals surface area contributed by atoms with Crippen molar-refractivity contribution < 1.29 is 4.79 Å². The summed E-state index contributed by atoms with van der Waals surface area (Å²) >= 11 is 1.35. The van der Waals surface area contributed by atoms with Crippen LogP contribution < -0.4 is 5.73 Å². The Morgan fingerprint density at radius 3 is 2.68 bits per heavy atom. The van der Waals surface area contributed by atoms with Crippen molar-refractivity contribution in [1.82, 2.24) is 9.61 Å². The monoisotopic (exact) mass is 307 g/mol. The van der Waals surface area contributed by atoms with Crippen molar-refractivity contribution in [3.05, 3.63) is 64.7 Å².